The van der Waals surface area contributed by atoms with Crippen LogP contribution in [-0.2, 0) is 11.8 Å². The fraction of sp³-hybridized carbons (Fsp3) is 0.500. The van der Waals surface area contributed by atoms with E-state index in [4.69, 9.17) is 15.6 Å². The highest BCUT2D eigenvalue weighted by atomic mass is 32.1. The molecule has 0 saturated heterocycles. The number of nitrogens with one attached hydrogen (secondary N) is 1. The molecule has 0 bridgehead atoms. The van der Waals surface area contributed by atoms with Crippen LogP contribution in [0.3, 0.4) is 0 Å². The Hall–Kier alpha value is -0.950. The number of hydrogen-bond donors (Lipinski definition) is 2. The average Bonchev–Trinajstić information content (AvgIpc) is 3.04. The van der Waals surface area contributed by atoms with Crippen LogP contribution >= 0.6 is 22.7 Å². The molecule has 0 saturated carbocycles. The van der Waals surface area contributed by atoms with Gasteiger partial charge in [-0.2, -0.15) is 0 Å². The molecule has 0 spiro atoms. The topological polar surface area (TPSA) is 60.2 Å². The minimum absolute atomic E-state index is 0.0721. The molecule has 6 heteroatoms. The molecule has 0 aliphatic carbocycles. The first kappa shape index (κ1) is 15.4. The predicted octanol–water partition coefficient (Wildman–Crippen LogP) is 3.26. The lowest BCUT2D eigenvalue weighted by Gasteiger charge is -2.15. The van der Waals surface area contributed by atoms with Crippen LogP contribution in [0.2, 0.25) is 0 Å². The Morgan fingerprint density at radius 2 is 2.10 bits per heavy atom. The van der Waals surface area contributed by atoms with Crippen LogP contribution in [0.15, 0.2) is 16.8 Å². The van der Waals surface area contributed by atoms with Gasteiger partial charge in [-0.05, 0) is 6.07 Å². The van der Waals surface area contributed by atoms with Gasteiger partial charge < -0.3 is 4.74 Å². The number of hydrogen-bond acceptors (Lipinski definition) is 6. The molecule has 2 rings (SSSR count). The van der Waals surface area contributed by atoms with Crippen LogP contribution in [0, 0.1) is 0 Å². The normalized spacial score (nSPS) is 13.4. The molecular weight excluding hydrogens is 290 g/mol. The van der Waals surface area contributed by atoms with Gasteiger partial charge in [-0.3, -0.25) is 11.3 Å². The van der Waals surface area contributed by atoms with Gasteiger partial charge in [0.2, 0.25) is 0 Å². The van der Waals surface area contributed by atoms with Crippen molar-refractivity contribution in [2.75, 3.05) is 7.11 Å². The van der Waals surface area contributed by atoms with E-state index in [0.717, 1.165) is 27.7 Å². The molecule has 1 atom stereocenters. The predicted molar refractivity (Wildman–Crippen MR) is 85.5 cm³/mol. The molecule has 2 aromatic heterocycles. The highest BCUT2D eigenvalue weighted by Crippen LogP contribution is 2.30. The van der Waals surface area contributed by atoms with Crippen LogP contribution in [0.5, 0.6) is 5.75 Å². The molecule has 4 nitrogen and oxygen atoms in total. The highest BCUT2D eigenvalue weighted by molar-refractivity contribution is 7.10. The first-order chi connectivity index (χ1) is 9.44. The fourth-order valence-corrected chi connectivity index (χ4v) is 3.77. The van der Waals surface area contributed by atoms with E-state index in [9.17, 15) is 0 Å². The minimum atomic E-state index is 0.0721. The summed E-state index contributed by atoms with van der Waals surface area (Å²) >= 11 is 3.34. The third-order valence-corrected chi connectivity index (χ3v) is 4.97. The Morgan fingerprint density at radius 1 is 1.35 bits per heavy atom. The lowest BCUT2D eigenvalue weighted by atomic mass is 9.93. The summed E-state index contributed by atoms with van der Waals surface area (Å²) < 4.78 is 5.22. The second-order valence-electron chi connectivity index (χ2n) is 5.69. The summed E-state index contributed by atoms with van der Waals surface area (Å²) in [7, 11) is 1.67. The molecule has 0 aromatic carbocycles. The quantitative estimate of drug-likeness (QED) is 0.657. The van der Waals surface area contributed by atoms with Crippen molar-refractivity contribution in [3.05, 3.63) is 32.4 Å². The second kappa shape index (κ2) is 6.22. The maximum atomic E-state index is 5.69. The van der Waals surface area contributed by atoms with Crippen molar-refractivity contribution in [3.63, 3.8) is 0 Å². The van der Waals surface area contributed by atoms with Crippen molar-refractivity contribution in [3.8, 4) is 5.75 Å². The molecule has 0 aliphatic heterocycles. The monoisotopic (exact) mass is 311 g/mol. The number of nitrogens with two attached hydrogens (primary N) is 1. The zero-order chi connectivity index (χ0) is 14.8. The van der Waals surface area contributed by atoms with Crippen LogP contribution in [0.25, 0.3) is 0 Å². The number of aromatic nitrogens is 1. The summed E-state index contributed by atoms with van der Waals surface area (Å²) in [5.74, 6) is 6.56. The molecule has 1 unspecified atom stereocenters. The zero-order valence-electron chi connectivity index (χ0n) is 12.3. The van der Waals surface area contributed by atoms with Crippen molar-refractivity contribution in [2.45, 2.75) is 38.6 Å². The van der Waals surface area contributed by atoms with Crippen LogP contribution in [0.4, 0.5) is 0 Å². The fourth-order valence-electron chi connectivity index (χ4n) is 1.79. The summed E-state index contributed by atoms with van der Waals surface area (Å²) in [4.78, 5) is 5.88. The van der Waals surface area contributed by atoms with Gasteiger partial charge in [0.05, 0.1) is 23.9 Å². The van der Waals surface area contributed by atoms with Crippen LogP contribution in [-0.4, -0.2) is 12.1 Å². The van der Waals surface area contributed by atoms with Gasteiger partial charge >= 0.3 is 0 Å². The Labute approximate surface area is 128 Å². The third-order valence-electron chi connectivity index (χ3n) is 3.07. The first-order valence-electron chi connectivity index (χ1n) is 6.47. The van der Waals surface area contributed by atoms with Crippen molar-refractivity contribution < 1.29 is 4.74 Å². The van der Waals surface area contributed by atoms with E-state index < -0.39 is 0 Å². The molecule has 0 aliphatic rings. The standard InChI is InChI=1S/C14H21N3OS2/c1-14(2,3)12-8-20-13(16-12)6-10(17-15)11-5-9(18-4)7-19-11/h5,7-8,10,17H,6,15H2,1-4H3. The Morgan fingerprint density at radius 3 is 2.60 bits per heavy atom. The van der Waals surface area contributed by atoms with Gasteiger partial charge in [-0.1, -0.05) is 20.8 Å². The van der Waals surface area contributed by atoms with E-state index in [2.05, 4.69) is 31.6 Å². The summed E-state index contributed by atoms with van der Waals surface area (Å²) in [6, 6.07) is 2.09. The highest BCUT2D eigenvalue weighted by Gasteiger charge is 2.20. The number of ether oxygens (including phenoxy) is 1. The molecule has 110 valence electrons. The molecule has 0 fully saturated rings. The molecule has 2 heterocycles. The van der Waals surface area contributed by atoms with E-state index in [0.29, 0.717) is 0 Å². The molecule has 0 radical (unpaired) electrons. The summed E-state index contributed by atoms with van der Waals surface area (Å²) in [6.45, 7) is 6.53. The van der Waals surface area contributed by atoms with Crippen LogP contribution < -0.4 is 16.0 Å². The van der Waals surface area contributed by atoms with Crippen molar-refractivity contribution in [2.24, 2.45) is 5.84 Å². The number of thiophene rings is 1. The van der Waals surface area contributed by atoms with Gasteiger partial charge in [-0.25, -0.2) is 4.98 Å². The van der Waals surface area contributed by atoms with Crippen molar-refractivity contribution in [1.82, 2.24) is 10.4 Å². The van der Waals surface area contributed by atoms with E-state index in [1.54, 1.807) is 29.8 Å². The minimum Gasteiger partial charge on any atom is -0.496 e. The number of methoxy groups -OCH3 is 1. The van der Waals surface area contributed by atoms with Gasteiger partial charge in [0.15, 0.2) is 0 Å². The number of rotatable bonds is 5. The smallest absolute Gasteiger partial charge is 0.129 e. The summed E-state index contributed by atoms with van der Waals surface area (Å²) in [5, 5.41) is 5.23. The van der Waals surface area contributed by atoms with E-state index in [1.807, 2.05) is 11.4 Å². The molecule has 2 aromatic rings. The molecule has 3 N–H and O–H groups in total. The van der Waals surface area contributed by atoms with Gasteiger partial charge in [0.1, 0.15) is 5.75 Å². The second-order valence-corrected chi connectivity index (χ2v) is 7.57. The Bertz CT molecular complexity index is 557. The van der Waals surface area contributed by atoms with Crippen LogP contribution in [0.1, 0.15) is 42.4 Å². The summed E-state index contributed by atoms with van der Waals surface area (Å²) in [5.41, 5.74) is 4.10. The average molecular weight is 311 g/mol. The lowest BCUT2D eigenvalue weighted by molar-refractivity contribution is 0.415. The van der Waals surface area contributed by atoms with Gasteiger partial charge in [0.25, 0.3) is 0 Å². The van der Waals surface area contributed by atoms with Gasteiger partial charge in [0, 0.05) is 27.5 Å². The maximum absolute atomic E-state index is 5.69. The van der Waals surface area contributed by atoms with Crippen molar-refractivity contribution in [1.29, 1.82) is 0 Å². The number of thiazole rings is 1. The third kappa shape index (κ3) is 3.58. The Balaban J connectivity index is 2.12. The lowest BCUT2D eigenvalue weighted by Crippen LogP contribution is -2.29. The largest absolute Gasteiger partial charge is 0.496 e. The maximum Gasteiger partial charge on any atom is 0.129 e. The Kier molecular flexibility index (Phi) is 4.80. The molecule has 0 amide bonds. The van der Waals surface area contributed by atoms with E-state index >= 15 is 0 Å². The molecular formula is C14H21N3OS2. The zero-order valence-corrected chi connectivity index (χ0v) is 13.9. The first-order valence-corrected chi connectivity index (χ1v) is 8.23. The van der Waals surface area contributed by atoms with E-state index in [1.165, 1.54) is 0 Å². The SMILES string of the molecule is COc1csc(C(Cc2nc(C(C)(C)C)cs2)NN)c1. The number of nitrogens with zero attached hydrogens (tertiary/aromatic N) is 1. The van der Waals surface area contributed by atoms with E-state index in [-0.39, 0.29) is 11.5 Å². The van der Waals surface area contributed by atoms with Gasteiger partial charge in [-0.15, -0.1) is 22.7 Å². The van der Waals surface area contributed by atoms with Crippen molar-refractivity contribution >= 4 is 22.7 Å². The molecule has 20 heavy (non-hydrogen) atoms. The number of hydrazine groups is 1. The summed E-state index contributed by atoms with van der Waals surface area (Å²) in [6.07, 6.45) is 0.793.